The van der Waals surface area contributed by atoms with Crippen molar-refractivity contribution in [2.24, 2.45) is 0 Å². The molecule has 0 heterocycles. The first-order valence-corrected chi connectivity index (χ1v) is 8.96. The molecule has 146 valence electrons. The summed E-state index contributed by atoms with van der Waals surface area (Å²) in [5, 5.41) is 0. The zero-order valence-electron chi connectivity index (χ0n) is 18.2. The second-order valence-corrected chi connectivity index (χ2v) is 9.83. The van der Waals surface area contributed by atoms with E-state index in [1.54, 1.807) is 6.07 Å². The lowest BCUT2D eigenvalue weighted by molar-refractivity contribution is 0.0594. The molecule has 1 rings (SSSR count). The molecule has 0 radical (unpaired) electrons. The van der Waals surface area contributed by atoms with Gasteiger partial charge in [0.05, 0.1) is 25.3 Å². The molecule has 0 aromatic heterocycles. The van der Waals surface area contributed by atoms with E-state index in [1.165, 1.54) is 14.2 Å². The van der Waals surface area contributed by atoms with Crippen LogP contribution in [0.25, 0.3) is 0 Å². The molecule has 0 amide bonds. The Bertz CT molecular complexity index is 655. The molecule has 1 aromatic rings. The fourth-order valence-corrected chi connectivity index (χ4v) is 3.53. The summed E-state index contributed by atoms with van der Waals surface area (Å²) >= 11 is 0. The first kappa shape index (κ1) is 22.2. The van der Waals surface area contributed by atoms with Crippen molar-refractivity contribution in [3.63, 3.8) is 0 Å². The van der Waals surface area contributed by atoms with Crippen molar-refractivity contribution < 1.29 is 19.1 Å². The fourth-order valence-electron chi connectivity index (χ4n) is 3.53. The van der Waals surface area contributed by atoms with Gasteiger partial charge in [-0.25, -0.2) is 9.59 Å². The third-order valence-electron chi connectivity index (χ3n) is 4.39. The Balaban J connectivity index is 4.32. The minimum Gasteiger partial charge on any atom is -0.465 e. The van der Waals surface area contributed by atoms with E-state index >= 15 is 0 Å². The van der Waals surface area contributed by atoms with Gasteiger partial charge in [-0.2, -0.15) is 0 Å². The highest BCUT2D eigenvalue weighted by molar-refractivity contribution is 5.99. The molecular formula is C22H34O4. The predicted octanol–water partition coefficient (Wildman–Crippen LogP) is 5.15. The summed E-state index contributed by atoms with van der Waals surface area (Å²) in [6.07, 6.45) is 0. The van der Waals surface area contributed by atoms with Crippen molar-refractivity contribution in [3.05, 3.63) is 33.9 Å². The number of rotatable bonds is 2. The molecule has 4 heteroatoms. The molecular weight excluding hydrogens is 328 g/mol. The third-order valence-corrected chi connectivity index (χ3v) is 4.39. The third kappa shape index (κ3) is 4.28. The highest BCUT2D eigenvalue weighted by atomic mass is 16.5. The van der Waals surface area contributed by atoms with Crippen LogP contribution in [-0.2, 0) is 25.7 Å². The van der Waals surface area contributed by atoms with Gasteiger partial charge >= 0.3 is 11.9 Å². The monoisotopic (exact) mass is 362 g/mol. The van der Waals surface area contributed by atoms with E-state index in [0.717, 1.165) is 16.7 Å². The summed E-state index contributed by atoms with van der Waals surface area (Å²) < 4.78 is 10.1. The topological polar surface area (TPSA) is 52.6 Å². The second kappa shape index (κ2) is 7.05. The fraction of sp³-hybridized carbons (Fsp3) is 0.636. The lowest BCUT2D eigenvalue weighted by atomic mass is 9.66. The highest BCUT2D eigenvalue weighted by Crippen LogP contribution is 2.44. The highest BCUT2D eigenvalue weighted by Gasteiger charge is 2.38. The van der Waals surface area contributed by atoms with E-state index in [9.17, 15) is 9.59 Å². The average molecular weight is 363 g/mol. The van der Waals surface area contributed by atoms with Gasteiger partial charge < -0.3 is 9.47 Å². The smallest absolute Gasteiger partial charge is 0.338 e. The van der Waals surface area contributed by atoms with Crippen LogP contribution in [0.5, 0.6) is 0 Å². The summed E-state index contributed by atoms with van der Waals surface area (Å²) in [5.74, 6) is -0.878. The molecule has 0 bridgehead atoms. The lowest BCUT2D eigenvalue weighted by Crippen LogP contribution is -2.33. The molecule has 0 spiro atoms. The number of hydrogen-bond donors (Lipinski definition) is 0. The van der Waals surface area contributed by atoms with Crippen LogP contribution in [-0.4, -0.2) is 26.2 Å². The van der Waals surface area contributed by atoms with E-state index in [1.807, 2.05) is 0 Å². The molecule has 26 heavy (non-hydrogen) atoms. The average Bonchev–Trinajstić information content (AvgIpc) is 2.48. The van der Waals surface area contributed by atoms with E-state index in [2.05, 4.69) is 62.3 Å². The maximum absolute atomic E-state index is 12.6. The zero-order valence-corrected chi connectivity index (χ0v) is 18.2. The number of carbonyl (C=O) groups excluding carboxylic acids is 2. The van der Waals surface area contributed by atoms with Crippen molar-refractivity contribution in [1.29, 1.82) is 0 Å². The first-order chi connectivity index (χ1) is 11.6. The molecule has 0 N–H and O–H groups in total. The van der Waals surface area contributed by atoms with Crippen molar-refractivity contribution in [3.8, 4) is 0 Å². The van der Waals surface area contributed by atoms with Gasteiger partial charge in [-0.05, 0) is 39.0 Å². The van der Waals surface area contributed by atoms with Crippen LogP contribution in [0.2, 0.25) is 0 Å². The Kier molecular flexibility index (Phi) is 6.02. The van der Waals surface area contributed by atoms with E-state index < -0.39 is 11.9 Å². The SMILES string of the molecule is COC(=O)c1cc(C(=O)OC)c(C(C)(C)C)c(C(C)(C)C)c1C(C)(C)C. The van der Waals surface area contributed by atoms with Gasteiger partial charge in [0.1, 0.15) is 0 Å². The van der Waals surface area contributed by atoms with Crippen LogP contribution in [0.3, 0.4) is 0 Å². The molecule has 0 aliphatic carbocycles. The van der Waals surface area contributed by atoms with Crippen LogP contribution in [0.15, 0.2) is 6.07 Å². The van der Waals surface area contributed by atoms with Gasteiger partial charge in [0.2, 0.25) is 0 Å². The van der Waals surface area contributed by atoms with Crippen LogP contribution in [0.1, 0.15) is 99.7 Å². The van der Waals surface area contributed by atoms with Gasteiger partial charge in [0.25, 0.3) is 0 Å². The molecule has 0 unspecified atom stereocenters. The van der Waals surface area contributed by atoms with Gasteiger partial charge in [-0.15, -0.1) is 0 Å². The molecule has 0 fully saturated rings. The van der Waals surface area contributed by atoms with Crippen molar-refractivity contribution in [2.45, 2.75) is 78.6 Å². The molecule has 0 saturated carbocycles. The van der Waals surface area contributed by atoms with E-state index in [4.69, 9.17) is 9.47 Å². The summed E-state index contributed by atoms with van der Waals surface area (Å²) in [7, 11) is 2.72. The van der Waals surface area contributed by atoms with Gasteiger partial charge in [0.15, 0.2) is 0 Å². The van der Waals surface area contributed by atoms with Gasteiger partial charge in [0, 0.05) is 0 Å². The molecule has 0 atom stereocenters. The summed E-state index contributed by atoms with van der Waals surface area (Å²) in [4.78, 5) is 25.2. The number of hydrogen-bond acceptors (Lipinski definition) is 4. The largest absolute Gasteiger partial charge is 0.465 e. The number of methoxy groups -OCH3 is 2. The molecule has 1 aromatic carbocycles. The Morgan fingerprint density at radius 3 is 1.08 bits per heavy atom. The molecule has 0 saturated heterocycles. The quantitative estimate of drug-likeness (QED) is 0.683. The molecule has 4 nitrogen and oxygen atoms in total. The number of ether oxygens (including phenoxy) is 2. The molecule has 0 aliphatic heterocycles. The predicted molar refractivity (Wildman–Crippen MR) is 105 cm³/mol. The van der Waals surface area contributed by atoms with Crippen LogP contribution in [0.4, 0.5) is 0 Å². The van der Waals surface area contributed by atoms with Crippen molar-refractivity contribution in [1.82, 2.24) is 0 Å². The number of benzene rings is 1. The summed E-state index contributed by atoms with van der Waals surface area (Å²) in [6, 6.07) is 1.65. The summed E-state index contributed by atoms with van der Waals surface area (Å²) in [6.45, 7) is 18.8. The summed E-state index contributed by atoms with van der Waals surface area (Å²) in [5.41, 5.74) is 2.83. The second-order valence-electron chi connectivity index (χ2n) is 9.83. The Labute approximate surface area is 158 Å². The minimum absolute atomic E-state index is 0.280. The van der Waals surface area contributed by atoms with Crippen LogP contribution < -0.4 is 0 Å². The van der Waals surface area contributed by atoms with E-state index in [0.29, 0.717) is 11.1 Å². The minimum atomic E-state index is -0.439. The Hall–Kier alpha value is -1.84. The molecule has 0 aliphatic rings. The zero-order chi connectivity index (χ0) is 20.7. The first-order valence-electron chi connectivity index (χ1n) is 8.96. The van der Waals surface area contributed by atoms with Crippen LogP contribution >= 0.6 is 0 Å². The Morgan fingerprint density at radius 1 is 0.615 bits per heavy atom. The van der Waals surface area contributed by atoms with Crippen LogP contribution in [0, 0.1) is 0 Å². The van der Waals surface area contributed by atoms with Crippen molar-refractivity contribution in [2.75, 3.05) is 14.2 Å². The normalized spacial score (nSPS) is 12.7. The van der Waals surface area contributed by atoms with E-state index in [-0.39, 0.29) is 16.2 Å². The lowest BCUT2D eigenvalue weighted by Gasteiger charge is -2.38. The maximum Gasteiger partial charge on any atom is 0.338 e. The number of esters is 2. The Morgan fingerprint density at radius 2 is 0.885 bits per heavy atom. The maximum atomic E-state index is 12.6. The van der Waals surface area contributed by atoms with Crippen molar-refractivity contribution >= 4 is 11.9 Å². The van der Waals surface area contributed by atoms with Gasteiger partial charge in [-0.1, -0.05) is 62.3 Å². The van der Waals surface area contributed by atoms with Gasteiger partial charge in [-0.3, -0.25) is 0 Å². The number of carbonyl (C=O) groups is 2. The standard InChI is InChI=1S/C22H34O4/c1-20(2,3)15-13(18(23)25-10)12-14(19(24)26-11)16(21(4,5)6)17(15)22(7,8)9/h12H,1-11H3.